The van der Waals surface area contributed by atoms with E-state index in [-0.39, 0.29) is 0 Å². The second kappa shape index (κ2) is 5.38. The first kappa shape index (κ1) is 12.3. The van der Waals surface area contributed by atoms with Crippen LogP contribution in [-0.2, 0) is 0 Å². The molecule has 0 spiro atoms. The lowest BCUT2D eigenvalue weighted by atomic mass is 9.88. The first-order valence-corrected chi connectivity index (χ1v) is 7.01. The summed E-state index contributed by atoms with van der Waals surface area (Å²) in [5, 5.41) is 0. The van der Waals surface area contributed by atoms with Crippen molar-refractivity contribution >= 4 is 11.8 Å². The molecule has 84 valence electrons. The van der Waals surface area contributed by atoms with Crippen LogP contribution < -0.4 is 5.73 Å². The summed E-state index contributed by atoms with van der Waals surface area (Å²) >= 11 is 1.92. The molecule has 0 heterocycles. The van der Waals surface area contributed by atoms with E-state index in [1.165, 1.54) is 31.6 Å². The molecule has 1 aliphatic carbocycles. The lowest BCUT2D eigenvalue weighted by Gasteiger charge is -2.41. The van der Waals surface area contributed by atoms with Crippen LogP contribution in [0.2, 0.25) is 0 Å². The molecule has 0 aromatic carbocycles. The summed E-state index contributed by atoms with van der Waals surface area (Å²) in [5.41, 5.74) is 6.28. The fourth-order valence-corrected chi connectivity index (χ4v) is 2.87. The average Bonchev–Trinajstić information content (AvgIpc) is 3.02. The van der Waals surface area contributed by atoms with E-state index < -0.39 is 0 Å². The molecule has 1 saturated carbocycles. The molecule has 1 unspecified atom stereocenters. The Kier molecular flexibility index (Phi) is 4.74. The predicted octanol–water partition coefficient (Wildman–Crippen LogP) is 1.80. The fourth-order valence-electron chi connectivity index (χ4n) is 2.41. The van der Waals surface area contributed by atoms with E-state index in [1.54, 1.807) is 0 Å². The van der Waals surface area contributed by atoms with E-state index in [1.807, 2.05) is 11.8 Å². The van der Waals surface area contributed by atoms with E-state index in [9.17, 15) is 0 Å². The molecule has 1 aliphatic rings. The number of hydrogen-bond acceptors (Lipinski definition) is 3. The molecule has 0 saturated heterocycles. The van der Waals surface area contributed by atoms with Gasteiger partial charge in [-0.1, -0.05) is 6.92 Å². The van der Waals surface area contributed by atoms with Gasteiger partial charge in [-0.15, -0.1) is 0 Å². The number of rotatable bonds is 7. The number of nitrogens with zero attached hydrogens (tertiary/aromatic N) is 1. The van der Waals surface area contributed by atoms with Crippen LogP contribution in [0.1, 0.15) is 26.2 Å². The Morgan fingerprint density at radius 2 is 2.14 bits per heavy atom. The van der Waals surface area contributed by atoms with Crippen molar-refractivity contribution in [2.75, 3.05) is 32.1 Å². The molecule has 0 amide bonds. The normalized spacial score (nSPS) is 21.2. The van der Waals surface area contributed by atoms with Gasteiger partial charge in [0, 0.05) is 24.4 Å². The molecule has 0 bridgehead atoms. The van der Waals surface area contributed by atoms with Gasteiger partial charge in [-0.2, -0.15) is 11.8 Å². The summed E-state index contributed by atoms with van der Waals surface area (Å²) < 4.78 is 0. The van der Waals surface area contributed by atoms with Crippen LogP contribution in [0.25, 0.3) is 0 Å². The first-order chi connectivity index (χ1) is 6.71. The zero-order chi connectivity index (χ0) is 10.6. The second-order valence-corrected chi connectivity index (χ2v) is 5.34. The van der Waals surface area contributed by atoms with E-state index in [2.05, 4.69) is 25.1 Å². The van der Waals surface area contributed by atoms with Crippen molar-refractivity contribution in [2.24, 2.45) is 11.7 Å². The number of hydrogen-bond donors (Lipinski definition) is 1. The summed E-state index contributed by atoms with van der Waals surface area (Å²) in [6.45, 7) is 4.27. The predicted molar refractivity (Wildman–Crippen MR) is 65.8 cm³/mol. The van der Waals surface area contributed by atoms with E-state index in [0.29, 0.717) is 5.54 Å². The molecule has 0 aliphatic heterocycles. The average molecular weight is 216 g/mol. The van der Waals surface area contributed by atoms with Crippen molar-refractivity contribution in [2.45, 2.75) is 31.7 Å². The van der Waals surface area contributed by atoms with Gasteiger partial charge in [0.25, 0.3) is 0 Å². The third-order valence-corrected chi connectivity index (χ3v) is 4.28. The maximum absolute atomic E-state index is 5.98. The lowest BCUT2D eigenvalue weighted by Crippen LogP contribution is -2.54. The van der Waals surface area contributed by atoms with Crippen molar-refractivity contribution < 1.29 is 0 Å². The summed E-state index contributed by atoms with van der Waals surface area (Å²) in [6.07, 6.45) is 6.13. The first-order valence-electron chi connectivity index (χ1n) is 5.61. The molecule has 0 aromatic heterocycles. The van der Waals surface area contributed by atoms with Crippen molar-refractivity contribution in [3.05, 3.63) is 0 Å². The Bertz CT molecular complexity index is 165. The Morgan fingerprint density at radius 1 is 1.50 bits per heavy atom. The summed E-state index contributed by atoms with van der Waals surface area (Å²) in [5.74, 6) is 2.08. The Morgan fingerprint density at radius 3 is 2.50 bits per heavy atom. The van der Waals surface area contributed by atoms with Crippen LogP contribution in [0.4, 0.5) is 0 Å². The second-order valence-electron chi connectivity index (χ2n) is 4.35. The van der Waals surface area contributed by atoms with Crippen molar-refractivity contribution in [1.82, 2.24) is 4.90 Å². The Hall–Kier alpha value is 0.270. The molecule has 1 atom stereocenters. The van der Waals surface area contributed by atoms with Gasteiger partial charge in [0.15, 0.2) is 0 Å². The molecule has 1 fully saturated rings. The summed E-state index contributed by atoms with van der Waals surface area (Å²) in [7, 11) is 2.24. The van der Waals surface area contributed by atoms with Crippen molar-refractivity contribution in [1.29, 1.82) is 0 Å². The number of thioether (sulfide) groups is 1. The third kappa shape index (κ3) is 2.44. The minimum absolute atomic E-state index is 0.301. The minimum atomic E-state index is 0.301. The fraction of sp³-hybridized carbons (Fsp3) is 1.00. The van der Waals surface area contributed by atoms with Crippen LogP contribution in [-0.4, -0.2) is 42.6 Å². The van der Waals surface area contributed by atoms with Gasteiger partial charge in [0.05, 0.1) is 0 Å². The van der Waals surface area contributed by atoms with Crippen molar-refractivity contribution in [3.8, 4) is 0 Å². The van der Waals surface area contributed by atoms with Gasteiger partial charge in [-0.3, -0.25) is 4.90 Å². The van der Waals surface area contributed by atoms with Crippen LogP contribution in [0.5, 0.6) is 0 Å². The topological polar surface area (TPSA) is 29.3 Å². The van der Waals surface area contributed by atoms with Gasteiger partial charge in [-0.25, -0.2) is 0 Å². The zero-order valence-electron chi connectivity index (χ0n) is 9.75. The maximum atomic E-state index is 5.98. The minimum Gasteiger partial charge on any atom is -0.329 e. The van der Waals surface area contributed by atoms with Gasteiger partial charge in [0.1, 0.15) is 0 Å². The lowest BCUT2D eigenvalue weighted by molar-refractivity contribution is 0.104. The van der Waals surface area contributed by atoms with Gasteiger partial charge in [-0.05, 0) is 38.5 Å². The van der Waals surface area contributed by atoms with Crippen LogP contribution in [0.15, 0.2) is 0 Å². The zero-order valence-corrected chi connectivity index (χ0v) is 10.6. The number of nitrogens with two attached hydrogens (primary N) is 1. The van der Waals surface area contributed by atoms with Crippen LogP contribution >= 0.6 is 11.8 Å². The van der Waals surface area contributed by atoms with Crippen LogP contribution in [0, 0.1) is 5.92 Å². The Balaban J connectivity index is 2.55. The van der Waals surface area contributed by atoms with Crippen LogP contribution in [0.3, 0.4) is 0 Å². The van der Waals surface area contributed by atoms with Crippen molar-refractivity contribution in [3.63, 3.8) is 0 Å². The highest BCUT2D eigenvalue weighted by Gasteiger charge is 2.45. The largest absolute Gasteiger partial charge is 0.329 e. The molecule has 2 nitrogen and oxygen atoms in total. The smallest absolute Gasteiger partial charge is 0.0354 e. The molecule has 14 heavy (non-hydrogen) atoms. The Labute approximate surface area is 92.6 Å². The molecule has 1 rings (SSSR count). The summed E-state index contributed by atoms with van der Waals surface area (Å²) in [6, 6.07) is 0. The molecule has 2 N–H and O–H groups in total. The summed E-state index contributed by atoms with van der Waals surface area (Å²) in [4.78, 5) is 2.50. The highest BCUT2D eigenvalue weighted by atomic mass is 32.2. The highest BCUT2D eigenvalue weighted by molar-refractivity contribution is 7.98. The van der Waals surface area contributed by atoms with E-state index in [4.69, 9.17) is 5.73 Å². The van der Waals surface area contributed by atoms with E-state index in [0.717, 1.165) is 12.5 Å². The molecule has 3 heteroatoms. The highest BCUT2D eigenvalue weighted by Crippen LogP contribution is 2.44. The SMILES string of the molecule is CCC(CN)(C1CC1)N(C)CCSC. The third-order valence-electron chi connectivity index (χ3n) is 3.69. The van der Waals surface area contributed by atoms with Gasteiger partial charge < -0.3 is 5.73 Å². The standard InChI is InChI=1S/C11H24N2S/c1-4-11(9-12,10-5-6-10)13(2)7-8-14-3/h10H,4-9,12H2,1-3H3. The van der Waals surface area contributed by atoms with E-state index >= 15 is 0 Å². The maximum Gasteiger partial charge on any atom is 0.0354 e. The monoisotopic (exact) mass is 216 g/mol. The van der Waals surface area contributed by atoms with Gasteiger partial charge in [0.2, 0.25) is 0 Å². The van der Waals surface area contributed by atoms with Gasteiger partial charge >= 0.3 is 0 Å². The molecule has 0 radical (unpaired) electrons. The quantitative estimate of drug-likeness (QED) is 0.703. The molecular weight excluding hydrogens is 192 g/mol. The molecule has 0 aromatic rings. The molecular formula is C11H24N2S. The number of likely N-dealkylation sites (N-methyl/N-ethyl adjacent to an activating group) is 1.